The van der Waals surface area contributed by atoms with E-state index in [9.17, 15) is 20.1 Å². The molecule has 0 aromatic heterocycles. The fraction of sp³-hybridized carbons (Fsp3) is 0.154. The molecule has 2 unspecified atom stereocenters. The van der Waals surface area contributed by atoms with Crippen molar-refractivity contribution in [1.29, 1.82) is 0 Å². The summed E-state index contributed by atoms with van der Waals surface area (Å²) in [6.07, 6.45) is 4.69. The fourth-order valence-electron chi connectivity index (χ4n) is 2.01. The molecule has 0 fully saturated rings. The molecular formula is C13H12O4. The van der Waals surface area contributed by atoms with Crippen molar-refractivity contribution in [3.05, 3.63) is 54.1 Å². The van der Waals surface area contributed by atoms with Gasteiger partial charge in [-0.15, -0.1) is 0 Å². The van der Waals surface area contributed by atoms with Crippen LogP contribution < -0.4 is 0 Å². The topological polar surface area (TPSA) is 77.8 Å². The third-order valence-corrected chi connectivity index (χ3v) is 2.93. The summed E-state index contributed by atoms with van der Waals surface area (Å²) in [5, 5.41) is 29.1. The molecule has 17 heavy (non-hydrogen) atoms. The van der Waals surface area contributed by atoms with Crippen LogP contribution in [0.25, 0.3) is 0 Å². The lowest BCUT2D eigenvalue weighted by molar-refractivity contribution is -0.145. The molecule has 0 spiro atoms. The first-order chi connectivity index (χ1) is 8.09. The third-order valence-electron chi connectivity index (χ3n) is 2.93. The summed E-state index contributed by atoms with van der Waals surface area (Å²) in [7, 11) is 0. The molecule has 0 radical (unpaired) electrons. The highest BCUT2D eigenvalue weighted by atomic mass is 16.4. The number of carbonyl (C=O) groups is 1. The molecule has 0 aliphatic heterocycles. The first-order valence-electron chi connectivity index (χ1n) is 5.15. The van der Waals surface area contributed by atoms with Crippen molar-refractivity contribution in [2.45, 2.75) is 11.5 Å². The number of carboxylic acid groups (broad SMARTS) is 1. The quantitative estimate of drug-likeness (QED) is 0.716. The van der Waals surface area contributed by atoms with Crippen LogP contribution in [0.1, 0.15) is 5.56 Å². The molecule has 0 bridgehead atoms. The minimum absolute atomic E-state index is 0.145. The van der Waals surface area contributed by atoms with Gasteiger partial charge in [-0.25, -0.2) is 0 Å². The number of allylic oxidation sites excluding steroid dienone is 2. The van der Waals surface area contributed by atoms with Crippen LogP contribution in [-0.2, 0) is 10.2 Å². The lowest BCUT2D eigenvalue weighted by Gasteiger charge is -2.32. The number of para-hydroxylation sites is 1. The third kappa shape index (κ3) is 1.62. The lowest BCUT2D eigenvalue weighted by Crippen LogP contribution is -2.45. The minimum Gasteiger partial charge on any atom is -0.508 e. The molecule has 88 valence electrons. The maximum absolute atomic E-state index is 11.5. The van der Waals surface area contributed by atoms with Crippen molar-refractivity contribution in [2.75, 3.05) is 0 Å². The summed E-state index contributed by atoms with van der Waals surface area (Å²) < 4.78 is 0. The molecule has 0 saturated carbocycles. The molecule has 1 aromatic carbocycles. The van der Waals surface area contributed by atoms with E-state index in [0.29, 0.717) is 0 Å². The monoisotopic (exact) mass is 232 g/mol. The van der Waals surface area contributed by atoms with Crippen molar-refractivity contribution in [3.63, 3.8) is 0 Å². The summed E-state index contributed by atoms with van der Waals surface area (Å²) in [5.41, 5.74) is -1.44. The zero-order chi connectivity index (χ0) is 12.5. The molecule has 0 amide bonds. The van der Waals surface area contributed by atoms with Gasteiger partial charge in [-0.05, 0) is 6.07 Å². The van der Waals surface area contributed by atoms with E-state index in [1.165, 1.54) is 24.3 Å². The van der Waals surface area contributed by atoms with E-state index in [1.54, 1.807) is 24.3 Å². The second-order valence-electron chi connectivity index (χ2n) is 3.88. The van der Waals surface area contributed by atoms with E-state index >= 15 is 0 Å². The van der Waals surface area contributed by atoms with E-state index in [2.05, 4.69) is 0 Å². The number of phenols is 1. The van der Waals surface area contributed by atoms with Crippen molar-refractivity contribution in [1.82, 2.24) is 0 Å². The number of carboxylic acids is 1. The molecule has 1 aliphatic rings. The van der Waals surface area contributed by atoms with Crippen molar-refractivity contribution < 1.29 is 20.1 Å². The largest absolute Gasteiger partial charge is 0.508 e. The number of benzene rings is 1. The smallest absolute Gasteiger partial charge is 0.321 e. The molecule has 4 nitrogen and oxygen atoms in total. The predicted molar refractivity (Wildman–Crippen MR) is 61.7 cm³/mol. The lowest BCUT2D eigenvalue weighted by atomic mass is 9.73. The molecule has 2 atom stereocenters. The zero-order valence-corrected chi connectivity index (χ0v) is 8.95. The number of phenolic OH excluding ortho intramolecular Hbond substituents is 1. The van der Waals surface area contributed by atoms with Gasteiger partial charge in [0.05, 0.1) is 6.10 Å². The van der Waals surface area contributed by atoms with Crippen LogP contribution in [0, 0.1) is 0 Å². The molecule has 0 heterocycles. The van der Waals surface area contributed by atoms with E-state index < -0.39 is 17.5 Å². The Morgan fingerprint density at radius 3 is 2.53 bits per heavy atom. The number of aliphatic hydroxyl groups is 1. The molecule has 4 heteroatoms. The molecule has 1 aromatic rings. The molecule has 0 saturated heterocycles. The number of hydrogen-bond acceptors (Lipinski definition) is 3. The van der Waals surface area contributed by atoms with Crippen LogP contribution in [0.15, 0.2) is 48.6 Å². The van der Waals surface area contributed by atoms with Crippen molar-refractivity contribution >= 4 is 5.97 Å². The molecule has 3 N–H and O–H groups in total. The predicted octanol–water partition coefficient (Wildman–Crippen LogP) is 1.20. The average Bonchev–Trinajstić information content (AvgIpc) is 2.30. The Hall–Kier alpha value is -2.07. The minimum atomic E-state index is -1.62. The van der Waals surface area contributed by atoms with Crippen LogP contribution in [-0.4, -0.2) is 27.4 Å². The van der Waals surface area contributed by atoms with Crippen LogP contribution >= 0.6 is 0 Å². The Balaban J connectivity index is 2.65. The van der Waals surface area contributed by atoms with E-state index in [1.807, 2.05) is 0 Å². The fourth-order valence-corrected chi connectivity index (χ4v) is 2.01. The van der Waals surface area contributed by atoms with Crippen molar-refractivity contribution in [2.24, 2.45) is 0 Å². The molecular weight excluding hydrogens is 220 g/mol. The van der Waals surface area contributed by atoms with E-state index in [4.69, 9.17) is 0 Å². The first-order valence-corrected chi connectivity index (χ1v) is 5.15. The van der Waals surface area contributed by atoms with E-state index in [0.717, 1.165) is 0 Å². The van der Waals surface area contributed by atoms with Crippen molar-refractivity contribution in [3.8, 4) is 5.75 Å². The first kappa shape index (κ1) is 11.4. The highest BCUT2D eigenvalue weighted by Gasteiger charge is 2.46. The maximum atomic E-state index is 11.5. The van der Waals surface area contributed by atoms with Crippen LogP contribution in [0.4, 0.5) is 0 Å². The zero-order valence-electron chi connectivity index (χ0n) is 8.95. The molecule has 2 rings (SSSR count). The van der Waals surface area contributed by atoms with Gasteiger partial charge in [0, 0.05) is 5.56 Å². The summed E-state index contributed by atoms with van der Waals surface area (Å²) in [5.74, 6) is -1.35. The Kier molecular flexibility index (Phi) is 2.73. The number of aliphatic hydroxyl groups excluding tert-OH is 1. The number of aromatic hydroxyl groups is 1. The van der Waals surface area contributed by atoms with Gasteiger partial charge in [0.25, 0.3) is 0 Å². The van der Waals surface area contributed by atoms with Gasteiger partial charge in [0.15, 0.2) is 0 Å². The summed E-state index contributed by atoms with van der Waals surface area (Å²) >= 11 is 0. The second kappa shape index (κ2) is 4.07. The standard InChI is InChI=1S/C13H12O4/c14-10-6-2-1-5-9(10)13(12(16)17)8-4-3-7-11(13)15/h1-8,11,14-15H,(H,16,17). The van der Waals surface area contributed by atoms with Crippen LogP contribution in [0.3, 0.4) is 0 Å². The van der Waals surface area contributed by atoms with Gasteiger partial charge in [-0.3, -0.25) is 4.79 Å². The van der Waals surface area contributed by atoms with E-state index in [-0.39, 0.29) is 11.3 Å². The van der Waals surface area contributed by atoms with Gasteiger partial charge in [0.1, 0.15) is 11.2 Å². The Bertz CT molecular complexity index is 504. The number of aliphatic carboxylic acids is 1. The summed E-state index contributed by atoms with van der Waals surface area (Å²) in [6, 6.07) is 6.12. The van der Waals surface area contributed by atoms with Crippen LogP contribution in [0.5, 0.6) is 5.75 Å². The molecule has 1 aliphatic carbocycles. The van der Waals surface area contributed by atoms with Gasteiger partial charge < -0.3 is 15.3 Å². The van der Waals surface area contributed by atoms with Gasteiger partial charge in [0.2, 0.25) is 0 Å². The maximum Gasteiger partial charge on any atom is 0.321 e. The summed E-state index contributed by atoms with van der Waals surface area (Å²) in [4.78, 5) is 11.5. The Morgan fingerprint density at radius 1 is 1.24 bits per heavy atom. The highest BCUT2D eigenvalue weighted by Crippen LogP contribution is 2.38. The van der Waals surface area contributed by atoms with Gasteiger partial charge in [-0.1, -0.05) is 42.5 Å². The SMILES string of the molecule is O=C(O)C1(c2ccccc2O)C=CC=CC1O. The number of hydrogen-bond donors (Lipinski definition) is 3. The highest BCUT2D eigenvalue weighted by molar-refractivity contribution is 5.87. The average molecular weight is 232 g/mol. The summed E-state index contributed by atoms with van der Waals surface area (Å²) in [6.45, 7) is 0. The van der Waals surface area contributed by atoms with Gasteiger partial charge >= 0.3 is 5.97 Å². The number of rotatable bonds is 2. The van der Waals surface area contributed by atoms with Crippen LogP contribution in [0.2, 0.25) is 0 Å². The Labute approximate surface area is 98.1 Å². The second-order valence-corrected chi connectivity index (χ2v) is 3.88. The van der Waals surface area contributed by atoms with Gasteiger partial charge in [-0.2, -0.15) is 0 Å². The Morgan fingerprint density at radius 2 is 1.94 bits per heavy atom. The normalized spacial score (nSPS) is 27.0.